The van der Waals surface area contributed by atoms with Gasteiger partial charge in [-0.1, -0.05) is 19.8 Å². The summed E-state index contributed by atoms with van der Waals surface area (Å²) < 4.78 is 10.0. The molecule has 1 aromatic carbocycles. The zero-order chi connectivity index (χ0) is 20.5. The monoisotopic (exact) mass is 390 g/mol. The van der Waals surface area contributed by atoms with E-state index < -0.39 is 31.1 Å². The zero-order valence-electron chi connectivity index (χ0n) is 16.2. The lowest BCUT2D eigenvalue weighted by Gasteiger charge is -2.29. The average molecular weight is 390 g/mol. The van der Waals surface area contributed by atoms with Crippen molar-refractivity contribution in [2.75, 3.05) is 13.2 Å². The van der Waals surface area contributed by atoms with Gasteiger partial charge in [-0.05, 0) is 49.9 Å². The molecule has 0 bridgehead atoms. The van der Waals surface area contributed by atoms with Gasteiger partial charge in [-0.3, -0.25) is 14.9 Å². The molecule has 1 aliphatic carbocycles. The minimum atomic E-state index is -0.743. The standard InChI is InChI=1S/C20H26N2O6/c1-13-5-3-4-6-17(13)21-20(26)22-18(24)11-28-19(25)12-27-16-9-7-15(8-10-16)14(2)23/h7-10,13,17H,3-6,11-12H2,1-2H3,(H2,21,22,24,26)/t13-,17+/m0/s1. The van der Waals surface area contributed by atoms with Crippen molar-refractivity contribution in [3.63, 3.8) is 0 Å². The summed E-state index contributed by atoms with van der Waals surface area (Å²) >= 11 is 0. The molecular weight excluding hydrogens is 364 g/mol. The number of carbonyl (C=O) groups is 4. The van der Waals surface area contributed by atoms with E-state index in [0.29, 0.717) is 17.2 Å². The van der Waals surface area contributed by atoms with E-state index in [0.717, 1.165) is 25.7 Å². The molecule has 8 heteroatoms. The average Bonchev–Trinajstić information content (AvgIpc) is 2.66. The Bertz CT molecular complexity index is 716. The molecule has 0 saturated heterocycles. The third kappa shape index (κ3) is 7.02. The van der Waals surface area contributed by atoms with Crippen LogP contribution in [0, 0.1) is 5.92 Å². The number of benzene rings is 1. The van der Waals surface area contributed by atoms with Crippen LogP contribution in [0.1, 0.15) is 49.9 Å². The molecule has 0 heterocycles. The number of imide groups is 1. The Morgan fingerprint density at radius 3 is 2.36 bits per heavy atom. The topological polar surface area (TPSA) is 111 Å². The molecule has 0 unspecified atom stereocenters. The number of nitrogens with one attached hydrogen (secondary N) is 2. The van der Waals surface area contributed by atoms with Crippen LogP contribution in [0.5, 0.6) is 5.75 Å². The van der Waals surface area contributed by atoms with Gasteiger partial charge in [-0.15, -0.1) is 0 Å². The summed E-state index contributed by atoms with van der Waals surface area (Å²) in [7, 11) is 0. The van der Waals surface area contributed by atoms with Crippen molar-refractivity contribution in [3.8, 4) is 5.75 Å². The van der Waals surface area contributed by atoms with Crippen molar-refractivity contribution >= 4 is 23.7 Å². The van der Waals surface area contributed by atoms with E-state index in [9.17, 15) is 19.2 Å². The molecule has 1 aromatic rings. The second-order valence-corrected chi connectivity index (χ2v) is 6.92. The Balaban J connectivity index is 1.65. The first-order valence-electron chi connectivity index (χ1n) is 9.35. The van der Waals surface area contributed by atoms with Crippen LogP contribution in [0.15, 0.2) is 24.3 Å². The molecule has 28 heavy (non-hydrogen) atoms. The smallest absolute Gasteiger partial charge is 0.344 e. The summed E-state index contributed by atoms with van der Waals surface area (Å²) in [5.41, 5.74) is 0.535. The van der Waals surface area contributed by atoms with Crippen LogP contribution in [-0.4, -0.2) is 42.9 Å². The number of hydrogen-bond donors (Lipinski definition) is 2. The Morgan fingerprint density at radius 2 is 1.71 bits per heavy atom. The van der Waals surface area contributed by atoms with Crippen molar-refractivity contribution in [1.82, 2.24) is 10.6 Å². The molecule has 0 radical (unpaired) electrons. The van der Waals surface area contributed by atoms with Gasteiger partial charge in [0.25, 0.3) is 5.91 Å². The summed E-state index contributed by atoms with van der Waals surface area (Å²) in [4.78, 5) is 46.5. The van der Waals surface area contributed by atoms with E-state index in [2.05, 4.69) is 17.6 Å². The van der Waals surface area contributed by atoms with Crippen molar-refractivity contribution in [1.29, 1.82) is 0 Å². The highest BCUT2D eigenvalue weighted by Crippen LogP contribution is 2.23. The highest BCUT2D eigenvalue weighted by atomic mass is 16.6. The third-order valence-corrected chi connectivity index (χ3v) is 4.66. The van der Waals surface area contributed by atoms with Gasteiger partial charge < -0.3 is 14.8 Å². The Labute approximate surface area is 164 Å². The van der Waals surface area contributed by atoms with E-state index in [1.54, 1.807) is 24.3 Å². The fourth-order valence-electron chi connectivity index (χ4n) is 3.01. The fraction of sp³-hybridized carbons (Fsp3) is 0.500. The van der Waals surface area contributed by atoms with E-state index in [-0.39, 0.29) is 11.8 Å². The van der Waals surface area contributed by atoms with Gasteiger partial charge >= 0.3 is 12.0 Å². The van der Waals surface area contributed by atoms with Gasteiger partial charge in [0.05, 0.1) is 0 Å². The maximum atomic E-state index is 11.9. The lowest BCUT2D eigenvalue weighted by atomic mass is 9.86. The van der Waals surface area contributed by atoms with Gasteiger partial charge in [0.2, 0.25) is 0 Å². The molecule has 0 aliphatic heterocycles. The maximum absolute atomic E-state index is 11.9. The van der Waals surface area contributed by atoms with Crippen molar-refractivity contribution in [3.05, 3.63) is 29.8 Å². The largest absolute Gasteiger partial charge is 0.482 e. The van der Waals surface area contributed by atoms with E-state index in [4.69, 9.17) is 9.47 Å². The predicted molar refractivity (Wildman–Crippen MR) is 101 cm³/mol. The highest BCUT2D eigenvalue weighted by molar-refractivity contribution is 5.95. The van der Waals surface area contributed by atoms with Gasteiger partial charge in [0.1, 0.15) is 5.75 Å². The Hall–Kier alpha value is -2.90. The number of esters is 1. The first kappa shape index (κ1) is 21.4. The van der Waals surface area contributed by atoms with Crippen molar-refractivity contribution in [2.45, 2.75) is 45.6 Å². The Kier molecular flexibility index (Phi) is 7.98. The number of hydrogen-bond acceptors (Lipinski definition) is 6. The minimum absolute atomic E-state index is 0.0480. The molecule has 0 aromatic heterocycles. The van der Waals surface area contributed by atoms with Crippen LogP contribution in [0.2, 0.25) is 0 Å². The number of urea groups is 1. The van der Waals surface area contributed by atoms with E-state index >= 15 is 0 Å². The predicted octanol–water partition coefficient (Wildman–Crippen LogP) is 2.22. The number of ether oxygens (including phenoxy) is 2. The quantitative estimate of drug-likeness (QED) is 0.545. The van der Waals surface area contributed by atoms with Crippen LogP contribution in [0.4, 0.5) is 4.79 Å². The molecule has 1 fully saturated rings. The first-order chi connectivity index (χ1) is 13.3. The van der Waals surface area contributed by atoms with Crippen LogP contribution < -0.4 is 15.4 Å². The lowest BCUT2D eigenvalue weighted by molar-refractivity contribution is -0.150. The summed E-state index contributed by atoms with van der Waals surface area (Å²) in [5.74, 6) is -0.757. The van der Waals surface area contributed by atoms with Gasteiger partial charge in [0.15, 0.2) is 19.0 Å². The molecule has 3 amide bonds. The molecule has 1 aliphatic rings. The van der Waals surface area contributed by atoms with Gasteiger partial charge in [0, 0.05) is 11.6 Å². The number of Topliss-reactive ketones (excluding diaryl/α,β-unsaturated/α-hetero) is 1. The Morgan fingerprint density at radius 1 is 1.04 bits per heavy atom. The van der Waals surface area contributed by atoms with Crippen LogP contribution in [-0.2, 0) is 14.3 Å². The van der Waals surface area contributed by atoms with Gasteiger partial charge in [-0.2, -0.15) is 0 Å². The molecule has 152 valence electrons. The zero-order valence-corrected chi connectivity index (χ0v) is 16.2. The summed E-state index contributed by atoms with van der Waals surface area (Å²) in [6, 6.07) is 5.76. The van der Waals surface area contributed by atoms with Crippen LogP contribution >= 0.6 is 0 Å². The summed E-state index contributed by atoms with van der Waals surface area (Å²) in [5, 5.41) is 4.94. The molecular formula is C20H26N2O6. The molecule has 8 nitrogen and oxygen atoms in total. The number of rotatable bonds is 7. The molecule has 2 N–H and O–H groups in total. The first-order valence-corrected chi connectivity index (χ1v) is 9.35. The maximum Gasteiger partial charge on any atom is 0.344 e. The van der Waals surface area contributed by atoms with Crippen molar-refractivity contribution in [2.24, 2.45) is 5.92 Å². The lowest BCUT2D eigenvalue weighted by Crippen LogP contribution is -2.48. The van der Waals surface area contributed by atoms with E-state index in [1.165, 1.54) is 6.92 Å². The van der Waals surface area contributed by atoms with Gasteiger partial charge in [-0.25, -0.2) is 9.59 Å². The highest BCUT2D eigenvalue weighted by Gasteiger charge is 2.23. The normalized spacial score (nSPS) is 18.6. The number of carbonyl (C=O) groups excluding carboxylic acids is 4. The summed E-state index contributed by atoms with van der Waals surface area (Å²) in [6.07, 6.45) is 4.15. The van der Waals surface area contributed by atoms with Crippen LogP contribution in [0.25, 0.3) is 0 Å². The molecule has 2 atom stereocenters. The van der Waals surface area contributed by atoms with E-state index in [1.807, 2.05) is 0 Å². The minimum Gasteiger partial charge on any atom is -0.482 e. The summed E-state index contributed by atoms with van der Waals surface area (Å²) in [6.45, 7) is 2.56. The molecule has 2 rings (SSSR count). The number of amides is 3. The van der Waals surface area contributed by atoms with Crippen LogP contribution in [0.3, 0.4) is 0 Å². The number of ketones is 1. The SMILES string of the molecule is CC(=O)c1ccc(OCC(=O)OCC(=O)NC(=O)N[C@@H]2CCCC[C@@H]2C)cc1. The fourth-order valence-corrected chi connectivity index (χ4v) is 3.01. The molecule has 1 saturated carbocycles. The third-order valence-electron chi connectivity index (χ3n) is 4.66. The second-order valence-electron chi connectivity index (χ2n) is 6.92. The van der Waals surface area contributed by atoms with Crippen molar-refractivity contribution < 1.29 is 28.7 Å². The molecule has 0 spiro atoms. The second kappa shape index (κ2) is 10.4.